The highest BCUT2D eigenvalue weighted by Gasteiger charge is 2.00. The molecule has 0 atom stereocenters. The summed E-state index contributed by atoms with van der Waals surface area (Å²) in [7, 11) is 0. The normalized spacial score (nSPS) is 10.6. The average Bonchev–Trinajstić information content (AvgIpc) is 2.47. The van der Waals surface area contributed by atoms with E-state index in [9.17, 15) is 0 Å². The van der Waals surface area contributed by atoms with E-state index in [1.807, 2.05) is 6.07 Å². The van der Waals surface area contributed by atoms with Gasteiger partial charge in [0.15, 0.2) is 0 Å². The molecule has 11 heavy (non-hydrogen) atoms. The van der Waals surface area contributed by atoms with Crippen molar-refractivity contribution >= 4 is 21.6 Å². The first-order valence-corrected chi connectivity index (χ1v) is 4.31. The van der Waals surface area contributed by atoms with Crippen molar-refractivity contribution in [2.24, 2.45) is 5.73 Å². The van der Waals surface area contributed by atoms with Crippen LogP contribution in [0.4, 0.5) is 0 Å². The number of aromatic nitrogens is 1. The molecular weight excluding hydrogens is 156 g/mol. The van der Waals surface area contributed by atoms with Gasteiger partial charge in [0.2, 0.25) is 0 Å². The quantitative estimate of drug-likeness (QED) is 0.697. The van der Waals surface area contributed by atoms with Gasteiger partial charge in [-0.25, -0.2) is 0 Å². The molecule has 2 aromatic rings. The Labute approximate surface area is 68.7 Å². The number of hydrogen-bond acceptors (Lipinski definition) is 3. The predicted molar refractivity (Wildman–Crippen MR) is 47.5 cm³/mol. The second-order valence-corrected chi connectivity index (χ2v) is 3.23. The number of nitrogens with two attached hydrogens (primary N) is 1. The van der Waals surface area contributed by atoms with Crippen molar-refractivity contribution < 1.29 is 0 Å². The summed E-state index contributed by atoms with van der Waals surface area (Å²) in [5.41, 5.74) is 7.73. The Bertz CT molecular complexity index is 367. The minimum absolute atomic E-state index is 0.580. The Morgan fingerprint density at radius 2 is 2.45 bits per heavy atom. The fourth-order valence-corrected chi connectivity index (χ4v) is 1.99. The molecule has 0 unspecified atom stereocenters. The Morgan fingerprint density at radius 1 is 1.55 bits per heavy atom. The first-order valence-electron chi connectivity index (χ1n) is 3.43. The highest BCUT2D eigenvalue weighted by atomic mass is 32.1. The summed E-state index contributed by atoms with van der Waals surface area (Å²) < 4.78 is 1.22. The maximum atomic E-state index is 5.53. The van der Waals surface area contributed by atoms with E-state index in [-0.39, 0.29) is 0 Å². The Hall–Kier alpha value is -0.930. The molecule has 2 aromatic heterocycles. The van der Waals surface area contributed by atoms with E-state index in [4.69, 9.17) is 5.73 Å². The van der Waals surface area contributed by atoms with Crippen LogP contribution in [0.15, 0.2) is 23.7 Å². The molecule has 0 aliphatic heterocycles. The zero-order valence-electron chi connectivity index (χ0n) is 5.95. The van der Waals surface area contributed by atoms with Crippen LogP contribution in [0, 0.1) is 0 Å². The Balaban J connectivity index is 2.76. The molecule has 0 saturated carbocycles. The van der Waals surface area contributed by atoms with Crippen molar-refractivity contribution in [1.82, 2.24) is 4.98 Å². The van der Waals surface area contributed by atoms with Crippen molar-refractivity contribution in [2.75, 3.05) is 0 Å². The average molecular weight is 164 g/mol. The minimum Gasteiger partial charge on any atom is -0.326 e. The lowest BCUT2D eigenvalue weighted by molar-refractivity contribution is 1.09. The standard InChI is InChI=1S/C8H8N2S/c9-4-6-5-11-7-2-1-3-10-8(6)7/h1-3,5H,4,9H2. The minimum atomic E-state index is 0.580. The van der Waals surface area contributed by atoms with Crippen LogP contribution in [-0.2, 0) is 6.54 Å². The van der Waals surface area contributed by atoms with Gasteiger partial charge >= 0.3 is 0 Å². The van der Waals surface area contributed by atoms with E-state index in [1.165, 1.54) is 4.70 Å². The van der Waals surface area contributed by atoms with Crippen molar-refractivity contribution in [3.8, 4) is 0 Å². The zero-order chi connectivity index (χ0) is 7.68. The lowest BCUT2D eigenvalue weighted by Crippen LogP contribution is -1.94. The fourth-order valence-electron chi connectivity index (χ4n) is 1.06. The van der Waals surface area contributed by atoms with Crippen LogP contribution in [0.5, 0.6) is 0 Å². The summed E-state index contributed by atoms with van der Waals surface area (Å²) >= 11 is 1.70. The smallest absolute Gasteiger partial charge is 0.0854 e. The third kappa shape index (κ3) is 1.02. The van der Waals surface area contributed by atoms with E-state index in [1.54, 1.807) is 17.5 Å². The van der Waals surface area contributed by atoms with Gasteiger partial charge in [-0.15, -0.1) is 11.3 Å². The third-order valence-corrected chi connectivity index (χ3v) is 2.61. The van der Waals surface area contributed by atoms with Crippen LogP contribution >= 0.6 is 11.3 Å². The zero-order valence-corrected chi connectivity index (χ0v) is 6.77. The lowest BCUT2D eigenvalue weighted by atomic mass is 10.3. The summed E-state index contributed by atoms with van der Waals surface area (Å²) in [5.74, 6) is 0. The van der Waals surface area contributed by atoms with Crippen LogP contribution in [0.2, 0.25) is 0 Å². The topological polar surface area (TPSA) is 38.9 Å². The summed E-state index contributed by atoms with van der Waals surface area (Å²) in [6.07, 6.45) is 1.80. The molecule has 56 valence electrons. The van der Waals surface area contributed by atoms with Crippen molar-refractivity contribution in [2.45, 2.75) is 6.54 Å². The third-order valence-electron chi connectivity index (χ3n) is 1.62. The van der Waals surface area contributed by atoms with Gasteiger partial charge < -0.3 is 5.73 Å². The maximum absolute atomic E-state index is 5.53. The molecule has 2 N–H and O–H groups in total. The van der Waals surface area contributed by atoms with E-state index >= 15 is 0 Å². The molecule has 0 aromatic carbocycles. The van der Waals surface area contributed by atoms with Crippen LogP contribution < -0.4 is 5.73 Å². The molecule has 3 heteroatoms. The number of nitrogens with zero attached hydrogens (tertiary/aromatic N) is 1. The Morgan fingerprint density at radius 3 is 3.27 bits per heavy atom. The van der Waals surface area contributed by atoms with E-state index < -0.39 is 0 Å². The van der Waals surface area contributed by atoms with Crippen LogP contribution in [0.1, 0.15) is 5.56 Å². The first-order chi connectivity index (χ1) is 5.42. The lowest BCUT2D eigenvalue weighted by Gasteiger charge is -1.90. The predicted octanol–water partition coefficient (Wildman–Crippen LogP) is 1.75. The van der Waals surface area contributed by atoms with Crippen molar-refractivity contribution in [1.29, 1.82) is 0 Å². The van der Waals surface area contributed by atoms with Gasteiger partial charge in [0.25, 0.3) is 0 Å². The van der Waals surface area contributed by atoms with Gasteiger partial charge in [-0.2, -0.15) is 0 Å². The van der Waals surface area contributed by atoms with Gasteiger partial charge in [0, 0.05) is 18.3 Å². The highest BCUT2D eigenvalue weighted by Crippen LogP contribution is 2.22. The molecule has 0 bridgehead atoms. The molecule has 0 aliphatic rings. The van der Waals surface area contributed by atoms with Gasteiger partial charge in [0.1, 0.15) is 0 Å². The maximum Gasteiger partial charge on any atom is 0.0854 e. The molecule has 0 aliphatic carbocycles. The largest absolute Gasteiger partial charge is 0.326 e. The second-order valence-electron chi connectivity index (χ2n) is 2.32. The molecule has 2 nitrogen and oxygen atoms in total. The summed E-state index contributed by atoms with van der Waals surface area (Å²) in [5, 5.41) is 2.07. The van der Waals surface area contributed by atoms with E-state index in [0.29, 0.717) is 6.54 Å². The molecule has 0 amide bonds. The van der Waals surface area contributed by atoms with Gasteiger partial charge in [-0.05, 0) is 17.5 Å². The fraction of sp³-hybridized carbons (Fsp3) is 0.125. The van der Waals surface area contributed by atoms with Crippen LogP contribution in [-0.4, -0.2) is 4.98 Å². The monoisotopic (exact) mass is 164 g/mol. The van der Waals surface area contributed by atoms with Gasteiger partial charge in [-0.3, -0.25) is 4.98 Å². The van der Waals surface area contributed by atoms with Crippen molar-refractivity contribution in [3.05, 3.63) is 29.3 Å². The van der Waals surface area contributed by atoms with Gasteiger partial charge in [-0.1, -0.05) is 0 Å². The molecule has 2 heterocycles. The molecule has 0 saturated heterocycles. The number of fused-ring (bicyclic) bond motifs is 1. The highest BCUT2D eigenvalue weighted by molar-refractivity contribution is 7.17. The van der Waals surface area contributed by atoms with E-state index in [0.717, 1.165) is 11.1 Å². The molecule has 0 fully saturated rings. The number of thiophene rings is 1. The van der Waals surface area contributed by atoms with E-state index in [2.05, 4.69) is 16.4 Å². The Kier molecular flexibility index (Phi) is 1.60. The second kappa shape index (κ2) is 2.60. The number of pyridine rings is 1. The molecule has 0 radical (unpaired) electrons. The molecular formula is C8H8N2S. The molecule has 2 rings (SSSR count). The SMILES string of the molecule is NCc1csc2cccnc12. The first kappa shape index (κ1) is 6.76. The number of hydrogen-bond donors (Lipinski definition) is 1. The van der Waals surface area contributed by atoms with Crippen LogP contribution in [0.25, 0.3) is 10.2 Å². The van der Waals surface area contributed by atoms with Crippen molar-refractivity contribution in [3.63, 3.8) is 0 Å². The number of rotatable bonds is 1. The molecule has 0 spiro atoms. The van der Waals surface area contributed by atoms with Gasteiger partial charge in [0.05, 0.1) is 10.2 Å². The summed E-state index contributed by atoms with van der Waals surface area (Å²) in [4.78, 5) is 4.24. The summed E-state index contributed by atoms with van der Waals surface area (Å²) in [6, 6.07) is 4.01. The van der Waals surface area contributed by atoms with Crippen LogP contribution in [0.3, 0.4) is 0 Å². The summed E-state index contributed by atoms with van der Waals surface area (Å²) in [6.45, 7) is 0.580.